The van der Waals surface area contributed by atoms with Crippen LogP contribution in [-0.4, -0.2) is 34.7 Å². The van der Waals surface area contributed by atoms with Crippen molar-refractivity contribution in [1.29, 1.82) is 0 Å². The molecular weight excluding hydrogens is 358 g/mol. The van der Waals surface area contributed by atoms with E-state index in [1.807, 2.05) is 0 Å². The highest BCUT2D eigenvalue weighted by Gasteiger charge is 2.28. The van der Waals surface area contributed by atoms with Crippen LogP contribution in [0.3, 0.4) is 0 Å². The summed E-state index contributed by atoms with van der Waals surface area (Å²) in [5.41, 5.74) is 1.55. The third-order valence-corrected chi connectivity index (χ3v) is 6.07. The van der Waals surface area contributed by atoms with E-state index in [1.165, 1.54) is 35.1 Å². The van der Waals surface area contributed by atoms with E-state index in [4.69, 9.17) is 4.74 Å². The topological polar surface area (TPSA) is 81.2 Å². The Morgan fingerprint density at radius 1 is 1.40 bits per heavy atom. The van der Waals surface area contributed by atoms with Gasteiger partial charge in [-0.15, -0.1) is 11.3 Å². The van der Waals surface area contributed by atoms with Crippen molar-refractivity contribution in [3.63, 3.8) is 0 Å². The van der Waals surface area contributed by atoms with Gasteiger partial charge >= 0.3 is 5.97 Å². The second-order valence-electron chi connectivity index (χ2n) is 5.92. The number of amides is 1. The number of nitrogens with zero attached hydrogens (tertiary/aromatic N) is 2. The highest BCUT2D eigenvalue weighted by molar-refractivity contribution is 7.99. The number of carbonyl (C=O) groups excluding carboxylic acids is 2. The predicted octanol–water partition coefficient (Wildman–Crippen LogP) is 3.18. The van der Waals surface area contributed by atoms with Crippen LogP contribution >= 0.6 is 23.1 Å². The molecule has 1 amide bonds. The first-order valence-corrected chi connectivity index (χ1v) is 9.81. The summed E-state index contributed by atoms with van der Waals surface area (Å²) in [6, 6.07) is 1.73. The summed E-state index contributed by atoms with van der Waals surface area (Å²) in [5.74, 6) is 0.200. The second kappa shape index (κ2) is 7.97. The summed E-state index contributed by atoms with van der Waals surface area (Å²) in [6.07, 6.45) is 6.10. The van der Waals surface area contributed by atoms with Crippen molar-refractivity contribution < 1.29 is 14.3 Å². The number of esters is 1. The molecule has 132 valence electrons. The van der Waals surface area contributed by atoms with Gasteiger partial charge in [0.25, 0.3) is 0 Å². The van der Waals surface area contributed by atoms with Gasteiger partial charge in [-0.3, -0.25) is 4.79 Å². The van der Waals surface area contributed by atoms with Gasteiger partial charge in [-0.05, 0) is 36.8 Å². The SMILES string of the molecule is COC(=O)c1c(NC(=O)CSc2ncccn2)sc2c1CC[C@@H](C)C2. The zero-order valence-electron chi connectivity index (χ0n) is 14.1. The lowest BCUT2D eigenvalue weighted by molar-refractivity contribution is -0.113. The molecule has 1 aliphatic rings. The van der Waals surface area contributed by atoms with Crippen LogP contribution < -0.4 is 5.32 Å². The average Bonchev–Trinajstić information content (AvgIpc) is 2.97. The van der Waals surface area contributed by atoms with Crippen LogP contribution in [0.2, 0.25) is 0 Å². The van der Waals surface area contributed by atoms with E-state index in [-0.39, 0.29) is 17.6 Å². The molecular formula is C17H19N3O3S2. The highest BCUT2D eigenvalue weighted by Crippen LogP contribution is 2.40. The smallest absolute Gasteiger partial charge is 0.341 e. The van der Waals surface area contributed by atoms with Crippen LogP contribution in [0.15, 0.2) is 23.6 Å². The van der Waals surface area contributed by atoms with Gasteiger partial charge in [0.05, 0.1) is 18.4 Å². The van der Waals surface area contributed by atoms with E-state index in [0.717, 1.165) is 24.8 Å². The third-order valence-electron chi connectivity index (χ3n) is 4.03. The molecule has 8 heteroatoms. The number of anilines is 1. The molecule has 0 spiro atoms. The van der Waals surface area contributed by atoms with Crippen molar-refractivity contribution in [2.75, 3.05) is 18.2 Å². The van der Waals surface area contributed by atoms with E-state index in [2.05, 4.69) is 22.2 Å². The van der Waals surface area contributed by atoms with Crippen LogP contribution in [-0.2, 0) is 22.4 Å². The number of nitrogens with one attached hydrogen (secondary N) is 1. The molecule has 0 radical (unpaired) electrons. The first-order chi connectivity index (χ1) is 12.1. The Kier molecular flexibility index (Phi) is 5.70. The molecule has 0 fully saturated rings. The molecule has 0 aliphatic heterocycles. The fraction of sp³-hybridized carbons (Fsp3) is 0.412. The summed E-state index contributed by atoms with van der Waals surface area (Å²) in [4.78, 5) is 33.8. The van der Waals surface area contributed by atoms with Gasteiger partial charge in [-0.25, -0.2) is 14.8 Å². The number of fused-ring (bicyclic) bond motifs is 1. The van der Waals surface area contributed by atoms with E-state index >= 15 is 0 Å². The Morgan fingerprint density at radius 2 is 2.16 bits per heavy atom. The summed E-state index contributed by atoms with van der Waals surface area (Å²) in [6.45, 7) is 2.20. The van der Waals surface area contributed by atoms with Crippen LogP contribution in [0.25, 0.3) is 0 Å². The molecule has 3 rings (SSSR count). The summed E-state index contributed by atoms with van der Waals surface area (Å²) < 4.78 is 4.93. The van der Waals surface area contributed by atoms with Gasteiger partial charge in [-0.2, -0.15) is 0 Å². The zero-order chi connectivity index (χ0) is 17.8. The van der Waals surface area contributed by atoms with Gasteiger partial charge in [0.2, 0.25) is 5.91 Å². The molecule has 1 aliphatic carbocycles. The maximum Gasteiger partial charge on any atom is 0.341 e. The number of thioether (sulfide) groups is 1. The highest BCUT2D eigenvalue weighted by atomic mass is 32.2. The van der Waals surface area contributed by atoms with Gasteiger partial charge in [0, 0.05) is 17.3 Å². The predicted molar refractivity (Wildman–Crippen MR) is 98.2 cm³/mol. The van der Waals surface area contributed by atoms with Gasteiger partial charge in [0.1, 0.15) is 5.00 Å². The number of methoxy groups -OCH3 is 1. The number of hydrogen-bond donors (Lipinski definition) is 1. The number of ether oxygens (including phenoxy) is 1. The van der Waals surface area contributed by atoms with Crippen molar-refractivity contribution in [3.8, 4) is 0 Å². The molecule has 0 aromatic carbocycles. The normalized spacial score (nSPS) is 16.2. The standard InChI is InChI=1S/C17H19N3O3S2/c1-10-4-5-11-12(8-10)25-15(14(11)16(22)23-2)20-13(21)9-24-17-18-6-3-7-19-17/h3,6-7,10H,4-5,8-9H2,1-2H3,(H,20,21)/t10-/m1/s1. The first kappa shape index (κ1) is 17.9. The van der Waals surface area contributed by atoms with Gasteiger partial charge in [0.15, 0.2) is 5.16 Å². The molecule has 25 heavy (non-hydrogen) atoms. The molecule has 0 saturated carbocycles. The molecule has 0 unspecified atom stereocenters. The summed E-state index contributed by atoms with van der Waals surface area (Å²) in [7, 11) is 1.37. The van der Waals surface area contributed by atoms with Crippen molar-refractivity contribution >= 4 is 40.0 Å². The molecule has 2 aromatic rings. The monoisotopic (exact) mass is 377 g/mol. The molecule has 2 aromatic heterocycles. The average molecular weight is 377 g/mol. The van der Waals surface area contributed by atoms with E-state index in [9.17, 15) is 9.59 Å². The lowest BCUT2D eigenvalue weighted by Crippen LogP contribution is -2.17. The summed E-state index contributed by atoms with van der Waals surface area (Å²) >= 11 is 2.74. The Labute approximate surface area is 154 Å². The number of carbonyl (C=O) groups is 2. The lowest BCUT2D eigenvalue weighted by Gasteiger charge is -2.18. The largest absolute Gasteiger partial charge is 0.465 e. The Balaban J connectivity index is 1.75. The zero-order valence-corrected chi connectivity index (χ0v) is 15.7. The number of hydrogen-bond acceptors (Lipinski definition) is 7. The fourth-order valence-electron chi connectivity index (χ4n) is 2.81. The number of rotatable bonds is 5. The van der Waals surface area contributed by atoms with Crippen molar-refractivity contribution in [2.24, 2.45) is 5.92 Å². The molecule has 6 nitrogen and oxygen atoms in total. The van der Waals surface area contributed by atoms with E-state index < -0.39 is 0 Å². The van der Waals surface area contributed by atoms with Crippen LogP contribution in [0.1, 0.15) is 34.1 Å². The molecule has 1 atom stereocenters. The first-order valence-electron chi connectivity index (χ1n) is 8.01. The van der Waals surface area contributed by atoms with Crippen molar-refractivity contribution in [1.82, 2.24) is 9.97 Å². The second-order valence-corrected chi connectivity index (χ2v) is 7.96. The lowest BCUT2D eigenvalue weighted by atomic mass is 9.88. The third kappa shape index (κ3) is 4.19. The summed E-state index contributed by atoms with van der Waals surface area (Å²) in [5, 5.41) is 4.01. The molecule has 2 heterocycles. The number of aromatic nitrogens is 2. The minimum Gasteiger partial charge on any atom is -0.465 e. The van der Waals surface area contributed by atoms with Gasteiger partial charge in [-0.1, -0.05) is 18.7 Å². The van der Waals surface area contributed by atoms with E-state index in [1.54, 1.807) is 18.5 Å². The Hall–Kier alpha value is -1.93. The minimum atomic E-state index is -0.388. The molecule has 0 saturated heterocycles. The van der Waals surface area contributed by atoms with Crippen molar-refractivity contribution in [2.45, 2.75) is 31.3 Å². The number of thiophene rings is 1. The maximum absolute atomic E-state index is 12.3. The molecule has 1 N–H and O–H groups in total. The fourth-order valence-corrected chi connectivity index (χ4v) is 4.83. The minimum absolute atomic E-state index is 0.184. The Morgan fingerprint density at radius 3 is 2.88 bits per heavy atom. The van der Waals surface area contributed by atoms with Crippen LogP contribution in [0.4, 0.5) is 5.00 Å². The maximum atomic E-state index is 12.3. The quantitative estimate of drug-likeness (QED) is 0.490. The van der Waals surface area contributed by atoms with Gasteiger partial charge < -0.3 is 10.1 Å². The Bertz CT molecular complexity index is 777. The van der Waals surface area contributed by atoms with Crippen LogP contribution in [0.5, 0.6) is 0 Å². The van der Waals surface area contributed by atoms with Crippen molar-refractivity contribution in [3.05, 3.63) is 34.5 Å². The van der Waals surface area contributed by atoms with Crippen LogP contribution in [0, 0.1) is 5.92 Å². The molecule has 0 bridgehead atoms. The van der Waals surface area contributed by atoms with E-state index in [0.29, 0.717) is 21.6 Å².